The second kappa shape index (κ2) is 25.9. The topological polar surface area (TPSA) is 215 Å². The molecule has 1 unspecified atom stereocenters. The van der Waals surface area contributed by atoms with Crippen molar-refractivity contribution in [3.63, 3.8) is 0 Å². The van der Waals surface area contributed by atoms with Crippen LogP contribution in [0.3, 0.4) is 0 Å². The smallest absolute Gasteiger partial charge is 0.264 e. The van der Waals surface area contributed by atoms with Crippen molar-refractivity contribution >= 4 is 74.8 Å². The number of aromatic nitrogens is 1. The van der Waals surface area contributed by atoms with Gasteiger partial charge in [0.15, 0.2) is 11.5 Å². The van der Waals surface area contributed by atoms with Crippen molar-refractivity contribution < 1.29 is 52.3 Å². The summed E-state index contributed by atoms with van der Waals surface area (Å²) < 4.78 is 39.9. The van der Waals surface area contributed by atoms with Crippen molar-refractivity contribution in [2.24, 2.45) is 0 Å². The molecule has 4 heterocycles. The van der Waals surface area contributed by atoms with Gasteiger partial charge >= 0.3 is 0 Å². The van der Waals surface area contributed by atoms with Crippen LogP contribution in [0.1, 0.15) is 52.0 Å². The Kier molecular flexibility index (Phi) is 19.2. The molecule has 2 saturated heterocycles. The number of fused-ring (bicyclic) bond motifs is 2. The number of anilines is 3. The van der Waals surface area contributed by atoms with E-state index in [9.17, 15) is 24.4 Å². The van der Waals surface area contributed by atoms with Gasteiger partial charge in [0, 0.05) is 88.2 Å². The molecule has 2 fully saturated rings. The summed E-state index contributed by atoms with van der Waals surface area (Å²) in [6.45, 7) is 10.4. The lowest BCUT2D eigenvalue weighted by molar-refractivity contribution is -0.136. The first kappa shape index (κ1) is 52.0. The Balaban J connectivity index is 0.687. The molecular weight excluding hydrogens is 947 g/mol. The van der Waals surface area contributed by atoms with Crippen LogP contribution in [0.25, 0.3) is 10.9 Å². The number of piperidine rings is 1. The van der Waals surface area contributed by atoms with Crippen LogP contribution in [0.2, 0.25) is 10.0 Å². The second-order valence-corrected chi connectivity index (χ2v) is 17.4. The first-order chi connectivity index (χ1) is 34.1. The fraction of sp³-hybridized carbons (Fsp3) is 0.469. The summed E-state index contributed by atoms with van der Waals surface area (Å²) >= 11 is 12.7. The van der Waals surface area contributed by atoms with Crippen LogP contribution in [-0.2, 0) is 28.5 Å². The van der Waals surface area contributed by atoms with Crippen LogP contribution in [-0.4, -0.2) is 169 Å². The zero-order chi connectivity index (χ0) is 49.4. The zero-order valence-electron chi connectivity index (χ0n) is 39.3. The summed E-state index contributed by atoms with van der Waals surface area (Å²) in [5.41, 5.74) is 2.90. The third-order valence-corrected chi connectivity index (χ3v) is 12.6. The fourth-order valence-corrected chi connectivity index (χ4v) is 8.89. The van der Waals surface area contributed by atoms with Gasteiger partial charge in [-0.05, 0) is 43.5 Å². The van der Waals surface area contributed by atoms with Crippen molar-refractivity contribution in [2.45, 2.75) is 31.7 Å². The Morgan fingerprint density at radius 1 is 0.757 bits per heavy atom. The lowest BCUT2D eigenvalue weighted by Gasteiger charge is -2.34. The Hall–Kier alpha value is -5.82. The average molecular weight is 1010 g/mol. The van der Waals surface area contributed by atoms with E-state index in [0.717, 1.165) is 57.0 Å². The number of methoxy groups -OCH3 is 2. The molecule has 0 aliphatic carbocycles. The van der Waals surface area contributed by atoms with Gasteiger partial charge in [0.05, 0.1) is 111 Å². The SMILES string of the molecule is COc1cc(Nc2c(C#N)cnc3cc(OCCCN4CCN(CCCOCCOCCOCCOCCNc5cccc6c5C(=O)N(C5CCC(=O)NC5=O)C6=O)CC4)c(OC)cc23)c(Cl)cc1Cl. The van der Waals surface area contributed by atoms with E-state index >= 15 is 0 Å². The number of rotatable bonds is 27. The van der Waals surface area contributed by atoms with Crippen LogP contribution in [0, 0.1) is 11.3 Å². The third kappa shape index (κ3) is 13.3. The first-order valence-corrected chi connectivity index (χ1v) is 24.0. The maximum absolute atomic E-state index is 13.2. The normalized spacial score (nSPS) is 16.3. The summed E-state index contributed by atoms with van der Waals surface area (Å²) in [5, 5.41) is 19.9. The first-order valence-electron chi connectivity index (χ1n) is 23.3. The van der Waals surface area contributed by atoms with Crippen LogP contribution >= 0.6 is 23.2 Å². The number of amides is 4. The number of benzene rings is 3. The number of imide groups is 2. The summed E-state index contributed by atoms with van der Waals surface area (Å²) in [6.07, 6.45) is 3.46. The Morgan fingerprint density at radius 2 is 1.41 bits per heavy atom. The molecule has 4 amide bonds. The molecule has 4 aromatic rings. The molecule has 21 heteroatoms. The molecule has 7 rings (SSSR count). The molecule has 3 aliphatic heterocycles. The number of carbonyl (C=O) groups is 4. The van der Waals surface area contributed by atoms with Crippen molar-refractivity contribution in [3.05, 3.63) is 75.4 Å². The number of ether oxygens (including phenoxy) is 7. The molecule has 374 valence electrons. The number of piperazine rings is 1. The van der Waals surface area contributed by atoms with E-state index < -0.39 is 29.7 Å². The predicted octanol–water partition coefficient (Wildman–Crippen LogP) is 5.53. The molecule has 0 bridgehead atoms. The van der Waals surface area contributed by atoms with Crippen molar-refractivity contribution in [1.29, 1.82) is 5.26 Å². The summed E-state index contributed by atoms with van der Waals surface area (Å²) in [7, 11) is 3.09. The summed E-state index contributed by atoms with van der Waals surface area (Å²) in [5.74, 6) is -0.644. The quantitative estimate of drug-likeness (QED) is 0.0495. The molecule has 19 nitrogen and oxygen atoms in total. The lowest BCUT2D eigenvalue weighted by atomic mass is 10.0. The highest BCUT2D eigenvalue weighted by molar-refractivity contribution is 6.37. The van der Waals surface area contributed by atoms with E-state index in [1.54, 1.807) is 37.4 Å². The molecule has 70 heavy (non-hydrogen) atoms. The Morgan fingerprint density at radius 3 is 2.07 bits per heavy atom. The highest BCUT2D eigenvalue weighted by Crippen LogP contribution is 2.41. The maximum Gasteiger partial charge on any atom is 0.264 e. The number of nitrogens with one attached hydrogen (secondary N) is 3. The molecule has 0 saturated carbocycles. The molecule has 0 radical (unpaired) electrons. The minimum Gasteiger partial charge on any atom is -0.495 e. The van der Waals surface area contributed by atoms with E-state index in [1.807, 2.05) is 12.1 Å². The molecule has 3 aliphatic rings. The van der Waals surface area contributed by atoms with E-state index in [-0.39, 0.29) is 24.0 Å². The van der Waals surface area contributed by atoms with Gasteiger partial charge in [-0.2, -0.15) is 5.26 Å². The minimum atomic E-state index is -1.02. The van der Waals surface area contributed by atoms with Crippen molar-refractivity contribution in [1.82, 2.24) is 25.0 Å². The van der Waals surface area contributed by atoms with Crippen LogP contribution < -0.4 is 30.2 Å². The van der Waals surface area contributed by atoms with Crippen LogP contribution in [0.4, 0.5) is 17.1 Å². The molecule has 3 aromatic carbocycles. The highest BCUT2D eigenvalue weighted by Gasteiger charge is 2.45. The number of carbonyl (C=O) groups excluding carboxylic acids is 4. The van der Waals surface area contributed by atoms with Gasteiger partial charge in [0.2, 0.25) is 11.8 Å². The summed E-state index contributed by atoms with van der Waals surface area (Å²) in [6, 6.07) is 13.0. The number of hydrogen-bond donors (Lipinski definition) is 3. The lowest BCUT2D eigenvalue weighted by Crippen LogP contribution is -2.54. The largest absolute Gasteiger partial charge is 0.495 e. The van der Waals surface area contributed by atoms with Gasteiger partial charge in [0.1, 0.15) is 17.9 Å². The highest BCUT2D eigenvalue weighted by atomic mass is 35.5. The van der Waals surface area contributed by atoms with E-state index in [2.05, 4.69) is 36.8 Å². The molecule has 0 spiro atoms. The van der Waals surface area contributed by atoms with Gasteiger partial charge in [-0.15, -0.1) is 0 Å². The van der Waals surface area contributed by atoms with Crippen molar-refractivity contribution in [2.75, 3.05) is 130 Å². The molecular formula is C49H58Cl2N8O11. The number of nitrogens with zero attached hydrogens (tertiary/aromatic N) is 5. The van der Waals surface area contributed by atoms with Crippen molar-refractivity contribution in [3.8, 4) is 23.3 Å². The number of nitriles is 1. The number of halogens is 2. The van der Waals surface area contributed by atoms with E-state index in [4.69, 9.17) is 56.4 Å². The van der Waals surface area contributed by atoms with E-state index in [1.165, 1.54) is 13.3 Å². The average Bonchev–Trinajstić information content (AvgIpc) is 3.62. The number of pyridine rings is 1. The Bertz CT molecular complexity index is 2540. The monoisotopic (exact) mass is 1000 g/mol. The third-order valence-electron chi connectivity index (χ3n) is 12.0. The second-order valence-electron chi connectivity index (χ2n) is 16.6. The molecule has 1 aromatic heterocycles. The Labute approximate surface area is 416 Å². The zero-order valence-corrected chi connectivity index (χ0v) is 40.8. The van der Waals surface area contributed by atoms with Gasteiger partial charge in [0.25, 0.3) is 11.8 Å². The maximum atomic E-state index is 13.2. The minimum absolute atomic E-state index is 0.0621. The van der Waals surface area contributed by atoms with Gasteiger partial charge in [-0.3, -0.25) is 34.4 Å². The van der Waals surface area contributed by atoms with Crippen LogP contribution in [0.15, 0.2) is 48.7 Å². The van der Waals surface area contributed by atoms with Gasteiger partial charge in [-0.25, -0.2) is 0 Å². The molecule has 1 atom stereocenters. The van der Waals surface area contributed by atoms with Crippen LogP contribution in [0.5, 0.6) is 17.2 Å². The van der Waals surface area contributed by atoms with Gasteiger partial charge in [-0.1, -0.05) is 29.3 Å². The van der Waals surface area contributed by atoms with Gasteiger partial charge < -0.3 is 53.6 Å². The van der Waals surface area contributed by atoms with E-state index in [0.29, 0.717) is 127 Å². The summed E-state index contributed by atoms with van der Waals surface area (Å²) in [4.78, 5) is 60.6. The fourth-order valence-electron chi connectivity index (χ4n) is 8.39. The predicted molar refractivity (Wildman–Crippen MR) is 262 cm³/mol. The number of hydrogen-bond acceptors (Lipinski definition) is 17. The molecule has 3 N–H and O–H groups in total. The standard InChI is InChI=1S/C49H58Cl2N8O11/c1-64-41-29-39(35(50)27-36(41)51)55-46-32(30-52)31-54-38-28-43(42(65-2)26-34(38)46)70-18-5-12-58-15-13-57(14-16-58)11-4-17-66-20-22-68-24-25-69-23-21-67-19-10-53-37-7-3-6-33-45(37)49(63)59(48(33)62)40-8-9-44(60)56-47(40)61/h3,6-7,26-29,31,40,53H,4-5,8-25H2,1-2H3,(H,54,55)(H,56,60,61).